The first-order valence-electron chi connectivity index (χ1n) is 13.3. The van der Waals surface area contributed by atoms with Gasteiger partial charge in [-0.05, 0) is 71.6 Å². The molecule has 0 heterocycles. The van der Waals surface area contributed by atoms with Crippen LogP contribution in [0, 0.1) is 10.8 Å². The Morgan fingerprint density at radius 3 is 1.68 bits per heavy atom. The fourth-order valence-electron chi connectivity index (χ4n) is 4.77. The van der Waals surface area contributed by atoms with Crippen LogP contribution in [0.3, 0.4) is 0 Å². The molecule has 1 aliphatic rings. The molecule has 0 aliphatic heterocycles. The second-order valence-electron chi connectivity index (χ2n) is 12.0. The zero-order valence-corrected chi connectivity index (χ0v) is 24.4. The molecule has 0 aromatic heterocycles. The monoisotopic (exact) mass is 544 g/mol. The van der Waals surface area contributed by atoms with E-state index in [1.807, 2.05) is 27.7 Å². The third kappa shape index (κ3) is 14.1. The third-order valence-corrected chi connectivity index (χ3v) is 5.75. The summed E-state index contributed by atoms with van der Waals surface area (Å²) >= 11 is 0. The Bertz CT molecular complexity index is 804. The van der Waals surface area contributed by atoms with E-state index in [0.717, 1.165) is 12.8 Å². The molecule has 0 spiro atoms. The number of alkyl carbamates (subject to hydrolysis) is 4. The number of hydrogen-bond acceptors (Lipinski definition) is 8. The lowest BCUT2D eigenvalue weighted by Crippen LogP contribution is -2.51. The van der Waals surface area contributed by atoms with Crippen molar-refractivity contribution in [2.24, 2.45) is 10.8 Å². The Morgan fingerprint density at radius 1 is 0.737 bits per heavy atom. The highest BCUT2D eigenvalue weighted by molar-refractivity contribution is 5.69. The summed E-state index contributed by atoms with van der Waals surface area (Å²) in [5.74, 6) is 0. The van der Waals surface area contributed by atoms with Crippen molar-refractivity contribution in [3.63, 3.8) is 0 Å². The van der Waals surface area contributed by atoms with Gasteiger partial charge >= 0.3 is 24.4 Å². The number of rotatable bonds is 11. The van der Waals surface area contributed by atoms with Crippen LogP contribution in [0.15, 0.2) is 0 Å². The van der Waals surface area contributed by atoms with Gasteiger partial charge in [-0.3, -0.25) is 0 Å². The van der Waals surface area contributed by atoms with Crippen LogP contribution >= 0.6 is 0 Å². The highest BCUT2D eigenvalue weighted by Crippen LogP contribution is 2.45. The second kappa shape index (κ2) is 14.9. The molecule has 220 valence electrons. The van der Waals surface area contributed by atoms with E-state index in [1.165, 1.54) is 0 Å². The van der Waals surface area contributed by atoms with Crippen molar-refractivity contribution in [3.05, 3.63) is 0 Å². The van der Waals surface area contributed by atoms with E-state index in [2.05, 4.69) is 42.0 Å². The maximum atomic E-state index is 12.5. The third-order valence-electron chi connectivity index (χ3n) is 5.75. The first-order valence-corrected chi connectivity index (χ1v) is 13.3. The molecule has 4 N–H and O–H groups in total. The van der Waals surface area contributed by atoms with E-state index in [9.17, 15) is 19.2 Å². The van der Waals surface area contributed by atoms with Gasteiger partial charge in [0.2, 0.25) is 0 Å². The topological polar surface area (TPSA) is 153 Å². The highest BCUT2D eigenvalue weighted by Gasteiger charge is 2.42. The summed E-state index contributed by atoms with van der Waals surface area (Å²) < 4.78 is 20.8. The van der Waals surface area contributed by atoms with Gasteiger partial charge in [0.25, 0.3) is 0 Å². The van der Waals surface area contributed by atoms with Gasteiger partial charge in [-0.1, -0.05) is 20.8 Å². The molecule has 4 unspecified atom stereocenters. The molecule has 4 amide bonds. The normalized spacial score (nSPS) is 22.0. The zero-order chi connectivity index (χ0) is 29.1. The Kier molecular flexibility index (Phi) is 13.0. The number of carbonyl (C=O) groups is 4. The first kappa shape index (κ1) is 33.1. The highest BCUT2D eigenvalue weighted by atomic mass is 16.6. The van der Waals surface area contributed by atoms with Crippen molar-refractivity contribution in [2.45, 2.75) is 112 Å². The van der Waals surface area contributed by atoms with Crippen molar-refractivity contribution in [2.75, 3.05) is 19.8 Å². The van der Waals surface area contributed by atoms with Crippen LogP contribution in [0.5, 0.6) is 0 Å². The number of ether oxygens (including phenoxy) is 4. The fraction of sp³-hybridized carbons (Fsp3) is 0.846. The fourth-order valence-corrected chi connectivity index (χ4v) is 4.77. The van der Waals surface area contributed by atoms with E-state index < -0.39 is 36.6 Å². The molecular formula is C26H48N4O8. The molecule has 0 aromatic rings. The lowest BCUT2D eigenvalue weighted by atomic mass is 9.62. The number of amides is 4. The first-order chi connectivity index (χ1) is 17.5. The molecule has 12 heteroatoms. The molecule has 1 rings (SSSR count). The van der Waals surface area contributed by atoms with Gasteiger partial charge in [-0.2, -0.15) is 0 Å². The summed E-state index contributed by atoms with van der Waals surface area (Å²) in [6.07, 6.45) is -1.35. The van der Waals surface area contributed by atoms with Gasteiger partial charge in [0.05, 0.1) is 0 Å². The molecule has 4 atom stereocenters. The van der Waals surface area contributed by atoms with E-state index in [1.54, 1.807) is 13.8 Å². The van der Waals surface area contributed by atoms with E-state index in [0.29, 0.717) is 13.0 Å². The summed E-state index contributed by atoms with van der Waals surface area (Å²) in [5.41, 5.74) is -0.398. The summed E-state index contributed by atoms with van der Waals surface area (Å²) in [5, 5.41) is 10.9. The predicted octanol–water partition coefficient (Wildman–Crippen LogP) is 4.07. The van der Waals surface area contributed by atoms with E-state index in [-0.39, 0.29) is 42.2 Å². The van der Waals surface area contributed by atoms with Crippen LogP contribution in [0.1, 0.15) is 81.6 Å². The minimum Gasteiger partial charge on any atom is -0.446 e. The van der Waals surface area contributed by atoms with Gasteiger partial charge in [0.1, 0.15) is 25.4 Å². The van der Waals surface area contributed by atoms with Gasteiger partial charge in [0, 0.05) is 24.7 Å². The minimum atomic E-state index is -0.616. The van der Waals surface area contributed by atoms with Crippen LogP contribution in [0.2, 0.25) is 0 Å². The number of carbonyl (C=O) groups excluding carboxylic acids is 4. The molecule has 0 radical (unpaired) electrons. The summed E-state index contributed by atoms with van der Waals surface area (Å²) in [6.45, 7) is 17.1. The largest absolute Gasteiger partial charge is 0.446 e. The zero-order valence-electron chi connectivity index (χ0n) is 24.4. The van der Waals surface area contributed by atoms with Crippen LogP contribution in [0.25, 0.3) is 0 Å². The minimum absolute atomic E-state index is 0.0529. The summed E-state index contributed by atoms with van der Waals surface area (Å²) in [4.78, 5) is 48.1. The lowest BCUT2D eigenvalue weighted by molar-refractivity contribution is 0.0341. The summed E-state index contributed by atoms with van der Waals surface area (Å²) in [6, 6.07) is -0.274. The SMILES string of the molecule is CC(C)NC(=O)OCC(C)OC(=O)NCC1(C)CC(NC(=O)OC(C)COC(=O)NC(C)C)CC(C)(C)C1. The van der Waals surface area contributed by atoms with E-state index in [4.69, 9.17) is 18.9 Å². The average molecular weight is 545 g/mol. The Hall–Kier alpha value is -2.92. The molecule has 0 aromatic carbocycles. The van der Waals surface area contributed by atoms with Crippen LogP contribution in [-0.2, 0) is 18.9 Å². The van der Waals surface area contributed by atoms with Gasteiger partial charge in [-0.15, -0.1) is 0 Å². The van der Waals surface area contributed by atoms with Crippen molar-refractivity contribution in [3.8, 4) is 0 Å². The molecular weight excluding hydrogens is 496 g/mol. The van der Waals surface area contributed by atoms with Crippen LogP contribution in [0.4, 0.5) is 19.2 Å². The second-order valence-corrected chi connectivity index (χ2v) is 12.0. The Morgan fingerprint density at radius 2 is 1.21 bits per heavy atom. The lowest BCUT2D eigenvalue weighted by Gasteiger charge is -2.46. The number of nitrogens with one attached hydrogen (secondary N) is 4. The maximum absolute atomic E-state index is 12.5. The number of hydrogen-bond donors (Lipinski definition) is 4. The standard InChI is InChI=1S/C26H48N4O8/c1-16(2)28-22(32)35-12-18(5)37-21(31)27-15-26(9)11-20(10-25(7,8)14-26)30-24(34)38-19(6)13-36-23(33)29-17(3)4/h16-20H,10-15H2,1-9H3,(H,27,31)(H,28,32)(H,29,33)(H,30,34). The average Bonchev–Trinajstić information content (AvgIpc) is 2.72. The summed E-state index contributed by atoms with van der Waals surface area (Å²) in [7, 11) is 0. The molecule has 12 nitrogen and oxygen atoms in total. The van der Waals surface area contributed by atoms with Crippen molar-refractivity contribution in [1.29, 1.82) is 0 Å². The molecule has 1 saturated carbocycles. The Labute approximate surface area is 226 Å². The maximum Gasteiger partial charge on any atom is 0.407 e. The molecule has 38 heavy (non-hydrogen) atoms. The molecule has 0 saturated heterocycles. The Balaban J connectivity index is 2.53. The van der Waals surface area contributed by atoms with Gasteiger partial charge < -0.3 is 40.2 Å². The van der Waals surface area contributed by atoms with Crippen LogP contribution in [-0.4, -0.2) is 74.5 Å². The van der Waals surface area contributed by atoms with Crippen LogP contribution < -0.4 is 21.3 Å². The quantitative estimate of drug-likeness (QED) is 0.284. The van der Waals surface area contributed by atoms with Gasteiger partial charge in [-0.25, -0.2) is 19.2 Å². The molecule has 1 fully saturated rings. The van der Waals surface area contributed by atoms with Crippen molar-refractivity contribution < 1.29 is 38.1 Å². The molecule has 0 bridgehead atoms. The van der Waals surface area contributed by atoms with Crippen molar-refractivity contribution >= 4 is 24.4 Å². The smallest absolute Gasteiger partial charge is 0.407 e. The van der Waals surface area contributed by atoms with E-state index >= 15 is 0 Å². The van der Waals surface area contributed by atoms with Gasteiger partial charge in [0.15, 0.2) is 0 Å². The predicted molar refractivity (Wildman–Crippen MR) is 142 cm³/mol. The van der Waals surface area contributed by atoms with Crippen molar-refractivity contribution in [1.82, 2.24) is 21.3 Å². The molecule has 1 aliphatic carbocycles.